The van der Waals surface area contributed by atoms with Crippen molar-refractivity contribution in [1.82, 2.24) is 0 Å². The molecule has 0 spiro atoms. The fraction of sp³-hybridized carbons (Fsp3) is 0.111. The van der Waals surface area contributed by atoms with E-state index in [0.29, 0.717) is 10.0 Å². The fourth-order valence-corrected chi connectivity index (χ4v) is 2.19. The largest absolute Gasteiger partial charge is 0.369 e. The van der Waals surface area contributed by atoms with Crippen LogP contribution < -0.4 is 22.9 Å². The van der Waals surface area contributed by atoms with Gasteiger partial charge >= 0.3 is 0 Å². The first-order chi connectivity index (χ1) is 13.2. The van der Waals surface area contributed by atoms with Crippen molar-refractivity contribution >= 4 is 47.6 Å². The summed E-state index contributed by atoms with van der Waals surface area (Å²) in [6, 6.07) is 11.3. The lowest BCUT2D eigenvalue weighted by Crippen LogP contribution is -2.21. The van der Waals surface area contributed by atoms with E-state index in [4.69, 9.17) is 46.1 Å². The maximum absolute atomic E-state index is 6.01. The number of nitrogens with zero attached hydrogens (tertiary/aromatic N) is 4. The minimum Gasteiger partial charge on any atom is -0.369 e. The van der Waals surface area contributed by atoms with Gasteiger partial charge in [0.15, 0.2) is 0 Å². The number of guanidine groups is 2. The fourth-order valence-electron chi connectivity index (χ4n) is 1.85. The van der Waals surface area contributed by atoms with Gasteiger partial charge in [0, 0.05) is 16.1 Å². The molecule has 0 saturated heterocycles. The standard InChI is InChI=1S/2C9H11ClN4/c1-6-2-3-8(10)7(4-6)5-13-14-9(11)12;1-6-3-2-4-7(8(6)10)5-13-14-9(11)12/h2*2-5H,1H3,(H4,11,12,14)/b2*13-5+. The van der Waals surface area contributed by atoms with Crippen LogP contribution >= 0.6 is 23.2 Å². The van der Waals surface area contributed by atoms with Crippen molar-refractivity contribution < 1.29 is 0 Å². The van der Waals surface area contributed by atoms with Crippen molar-refractivity contribution in [3.8, 4) is 0 Å². The Labute approximate surface area is 173 Å². The zero-order chi connectivity index (χ0) is 21.1. The average Bonchev–Trinajstić information content (AvgIpc) is 2.61. The van der Waals surface area contributed by atoms with E-state index in [1.165, 1.54) is 12.4 Å². The zero-order valence-electron chi connectivity index (χ0n) is 15.5. The second-order valence-electron chi connectivity index (χ2n) is 5.54. The van der Waals surface area contributed by atoms with Crippen LogP contribution in [0.2, 0.25) is 10.0 Å². The van der Waals surface area contributed by atoms with Gasteiger partial charge in [-0.15, -0.1) is 10.2 Å². The summed E-state index contributed by atoms with van der Waals surface area (Å²) in [5.74, 6) is -0.157. The second kappa shape index (κ2) is 11.6. The van der Waals surface area contributed by atoms with Crippen molar-refractivity contribution in [2.24, 2.45) is 43.3 Å². The molecule has 0 heterocycles. The minimum atomic E-state index is -0.0787. The van der Waals surface area contributed by atoms with E-state index < -0.39 is 0 Å². The Kier molecular flexibility index (Phi) is 9.49. The van der Waals surface area contributed by atoms with Crippen molar-refractivity contribution in [3.63, 3.8) is 0 Å². The first kappa shape index (κ1) is 22.9. The third-order valence-corrected chi connectivity index (χ3v) is 3.97. The summed E-state index contributed by atoms with van der Waals surface area (Å²) >= 11 is 11.9. The van der Waals surface area contributed by atoms with E-state index in [2.05, 4.69) is 20.4 Å². The number of hydrogen-bond acceptors (Lipinski definition) is 4. The summed E-state index contributed by atoms with van der Waals surface area (Å²) in [5, 5.41) is 15.6. The Morgan fingerprint density at radius 1 is 0.821 bits per heavy atom. The van der Waals surface area contributed by atoms with Crippen molar-refractivity contribution in [3.05, 3.63) is 68.7 Å². The van der Waals surface area contributed by atoms with Gasteiger partial charge in [-0.05, 0) is 31.5 Å². The van der Waals surface area contributed by atoms with Gasteiger partial charge in [0.25, 0.3) is 0 Å². The molecule has 0 aliphatic carbocycles. The number of halogens is 2. The monoisotopic (exact) mass is 420 g/mol. The Bertz CT molecular complexity index is 886. The predicted octanol–water partition coefficient (Wildman–Crippen LogP) is 2.51. The van der Waals surface area contributed by atoms with Crippen LogP contribution in [0.3, 0.4) is 0 Å². The molecule has 2 aromatic rings. The molecule has 10 heteroatoms. The van der Waals surface area contributed by atoms with E-state index in [1.807, 2.05) is 44.2 Å². The van der Waals surface area contributed by atoms with Crippen LogP contribution in [-0.4, -0.2) is 24.3 Å². The first-order valence-electron chi connectivity index (χ1n) is 7.96. The molecule has 0 aromatic heterocycles. The molecule has 2 rings (SSSR count). The third-order valence-electron chi connectivity index (χ3n) is 3.11. The summed E-state index contributed by atoms with van der Waals surface area (Å²) in [4.78, 5) is 0. The Morgan fingerprint density at radius 2 is 1.39 bits per heavy atom. The van der Waals surface area contributed by atoms with Crippen LogP contribution in [-0.2, 0) is 0 Å². The number of hydrogen-bond donors (Lipinski definition) is 4. The molecule has 0 saturated carbocycles. The normalized spacial score (nSPS) is 10.4. The van der Waals surface area contributed by atoms with Gasteiger partial charge in [-0.3, -0.25) is 0 Å². The van der Waals surface area contributed by atoms with Crippen LogP contribution in [0.4, 0.5) is 0 Å². The number of nitrogens with two attached hydrogens (primary N) is 4. The molecule has 0 bridgehead atoms. The Morgan fingerprint density at radius 3 is 1.96 bits per heavy atom. The van der Waals surface area contributed by atoms with Crippen LogP contribution in [0.1, 0.15) is 22.3 Å². The number of benzene rings is 2. The number of rotatable bonds is 4. The Hall–Kier alpha value is -3.10. The second-order valence-corrected chi connectivity index (χ2v) is 6.33. The quantitative estimate of drug-likeness (QED) is 0.340. The van der Waals surface area contributed by atoms with Gasteiger partial charge in [0.05, 0.1) is 17.5 Å². The summed E-state index contributed by atoms with van der Waals surface area (Å²) in [6.45, 7) is 3.88. The van der Waals surface area contributed by atoms with E-state index in [0.717, 1.165) is 22.3 Å². The van der Waals surface area contributed by atoms with Crippen LogP contribution in [0.15, 0.2) is 56.8 Å². The Balaban J connectivity index is 0.000000280. The molecule has 0 radical (unpaired) electrons. The van der Waals surface area contributed by atoms with Gasteiger partial charge in [-0.2, -0.15) is 10.2 Å². The lowest BCUT2D eigenvalue weighted by Gasteiger charge is -1.99. The van der Waals surface area contributed by atoms with Crippen LogP contribution in [0, 0.1) is 13.8 Å². The van der Waals surface area contributed by atoms with Crippen molar-refractivity contribution in [1.29, 1.82) is 0 Å². The van der Waals surface area contributed by atoms with E-state index in [-0.39, 0.29) is 11.9 Å². The number of aryl methyl sites for hydroxylation is 2. The highest BCUT2D eigenvalue weighted by atomic mass is 35.5. The topological polar surface area (TPSA) is 154 Å². The lowest BCUT2D eigenvalue weighted by atomic mass is 10.1. The summed E-state index contributed by atoms with van der Waals surface area (Å²) in [5.41, 5.74) is 24.1. The van der Waals surface area contributed by atoms with Crippen LogP contribution in [0.25, 0.3) is 0 Å². The lowest BCUT2D eigenvalue weighted by molar-refractivity contribution is 1.21. The zero-order valence-corrected chi connectivity index (χ0v) is 17.0. The van der Waals surface area contributed by atoms with E-state index in [9.17, 15) is 0 Å². The highest BCUT2D eigenvalue weighted by Gasteiger charge is 1.99. The summed E-state index contributed by atoms with van der Waals surface area (Å²) < 4.78 is 0. The predicted molar refractivity (Wildman–Crippen MR) is 119 cm³/mol. The molecular formula is C18H22Cl2N8. The third kappa shape index (κ3) is 8.52. The van der Waals surface area contributed by atoms with Gasteiger partial charge in [0.2, 0.25) is 11.9 Å². The maximum atomic E-state index is 6.01. The van der Waals surface area contributed by atoms with Gasteiger partial charge in [-0.25, -0.2) is 0 Å². The highest BCUT2D eigenvalue weighted by Crippen LogP contribution is 2.18. The molecule has 2 aromatic carbocycles. The molecule has 148 valence electrons. The molecule has 28 heavy (non-hydrogen) atoms. The molecule has 0 aliphatic heterocycles. The average molecular weight is 421 g/mol. The van der Waals surface area contributed by atoms with Gasteiger partial charge < -0.3 is 22.9 Å². The molecule has 8 N–H and O–H groups in total. The van der Waals surface area contributed by atoms with Crippen molar-refractivity contribution in [2.45, 2.75) is 13.8 Å². The van der Waals surface area contributed by atoms with Crippen molar-refractivity contribution in [2.75, 3.05) is 0 Å². The van der Waals surface area contributed by atoms with E-state index in [1.54, 1.807) is 6.07 Å². The molecule has 0 amide bonds. The highest BCUT2D eigenvalue weighted by molar-refractivity contribution is 6.34. The molecule has 0 unspecified atom stereocenters. The summed E-state index contributed by atoms with van der Waals surface area (Å²) in [6.07, 6.45) is 3.02. The van der Waals surface area contributed by atoms with Gasteiger partial charge in [-0.1, -0.05) is 53.0 Å². The molecular weight excluding hydrogens is 399 g/mol. The smallest absolute Gasteiger partial charge is 0.211 e. The SMILES string of the molecule is Cc1ccc(Cl)c(/C=N/N=C(N)N)c1.Cc1cccc(/C=N/N=C(N)N)c1Cl. The first-order valence-corrected chi connectivity index (χ1v) is 8.71. The molecule has 0 aliphatic rings. The van der Waals surface area contributed by atoms with Crippen LogP contribution in [0.5, 0.6) is 0 Å². The van der Waals surface area contributed by atoms with E-state index >= 15 is 0 Å². The van der Waals surface area contributed by atoms with Gasteiger partial charge in [0.1, 0.15) is 0 Å². The maximum Gasteiger partial charge on any atom is 0.211 e. The molecule has 8 nitrogen and oxygen atoms in total. The summed E-state index contributed by atoms with van der Waals surface area (Å²) in [7, 11) is 0. The molecule has 0 fully saturated rings. The molecule has 0 atom stereocenters. The minimum absolute atomic E-state index is 0.0787.